The van der Waals surface area contributed by atoms with Crippen molar-refractivity contribution in [3.05, 3.63) is 88.6 Å². The minimum Gasteiger partial charge on any atom is -0.497 e. The normalized spacial score (nSPS) is 10.6. The second-order valence-corrected chi connectivity index (χ2v) is 8.40. The highest BCUT2D eigenvalue weighted by Crippen LogP contribution is 2.24. The van der Waals surface area contributed by atoms with Crippen LogP contribution in [0.25, 0.3) is 10.9 Å². The van der Waals surface area contributed by atoms with E-state index in [2.05, 4.69) is 16.1 Å². The summed E-state index contributed by atoms with van der Waals surface area (Å²) in [6.45, 7) is 3.78. The average molecular weight is 491 g/mol. The molecule has 0 fully saturated rings. The van der Waals surface area contributed by atoms with Gasteiger partial charge in [0.1, 0.15) is 11.4 Å². The van der Waals surface area contributed by atoms with E-state index in [-0.39, 0.29) is 5.69 Å². The van der Waals surface area contributed by atoms with Gasteiger partial charge < -0.3 is 15.4 Å². The number of nitrogens with one attached hydrogen (secondary N) is 3. The molecule has 0 saturated carbocycles. The number of ether oxygens (including phenoxy) is 1. The van der Waals surface area contributed by atoms with E-state index in [4.69, 9.17) is 16.3 Å². The van der Waals surface area contributed by atoms with Crippen LogP contribution in [0.2, 0.25) is 5.02 Å². The van der Waals surface area contributed by atoms with E-state index >= 15 is 0 Å². The standard InChI is InChI=1S/C26H23ClN4O4/c1-15-4-10-21(16(2)12-15)29-25(33)26(34)30-31-22-11-5-18(27)13-17(22)14-23(31)24(32)28-19-6-8-20(35-3)9-7-19/h4-14H,1-3H3,(H,28,32)(H,29,33)(H,30,34). The Morgan fingerprint density at radius 1 is 0.857 bits per heavy atom. The van der Waals surface area contributed by atoms with Gasteiger partial charge in [-0.3, -0.25) is 19.8 Å². The SMILES string of the molecule is COc1ccc(NC(=O)c2cc3cc(Cl)ccc3n2NC(=O)C(=O)Nc2ccc(C)cc2C)cc1. The van der Waals surface area contributed by atoms with Gasteiger partial charge in [-0.1, -0.05) is 29.3 Å². The number of aromatic nitrogens is 1. The summed E-state index contributed by atoms with van der Waals surface area (Å²) in [4.78, 5) is 38.5. The Bertz CT molecular complexity index is 1440. The average Bonchev–Trinajstić information content (AvgIpc) is 3.18. The van der Waals surface area contributed by atoms with Gasteiger partial charge in [0, 0.05) is 21.8 Å². The molecule has 178 valence electrons. The monoisotopic (exact) mass is 490 g/mol. The van der Waals surface area contributed by atoms with Gasteiger partial charge in [0.25, 0.3) is 5.91 Å². The van der Waals surface area contributed by atoms with E-state index in [0.717, 1.165) is 11.1 Å². The maximum atomic E-state index is 13.1. The number of hydrogen-bond donors (Lipinski definition) is 3. The van der Waals surface area contributed by atoms with Crippen molar-refractivity contribution in [1.29, 1.82) is 0 Å². The third kappa shape index (κ3) is 5.28. The minimum atomic E-state index is -0.934. The largest absolute Gasteiger partial charge is 0.497 e. The zero-order valence-corrected chi connectivity index (χ0v) is 20.1. The Labute approximate surface area is 206 Å². The maximum Gasteiger partial charge on any atom is 0.328 e. The Morgan fingerprint density at radius 3 is 2.29 bits per heavy atom. The Hall–Kier alpha value is -4.30. The molecule has 1 aromatic heterocycles. The van der Waals surface area contributed by atoms with Crippen molar-refractivity contribution in [2.75, 3.05) is 23.2 Å². The molecule has 3 N–H and O–H groups in total. The van der Waals surface area contributed by atoms with Crippen LogP contribution in [0, 0.1) is 13.8 Å². The number of amides is 3. The molecule has 4 aromatic rings. The molecule has 1 heterocycles. The summed E-state index contributed by atoms with van der Waals surface area (Å²) in [6, 6.07) is 18.8. The second-order valence-electron chi connectivity index (χ2n) is 7.96. The van der Waals surface area contributed by atoms with E-state index in [0.29, 0.717) is 33.0 Å². The first-order valence-corrected chi connectivity index (χ1v) is 11.1. The summed E-state index contributed by atoms with van der Waals surface area (Å²) in [6.07, 6.45) is 0. The van der Waals surface area contributed by atoms with Crippen LogP contribution in [0.1, 0.15) is 21.6 Å². The number of benzene rings is 3. The van der Waals surface area contributed by atoms with Crippen molar-refractivity contribution in [3.63, 3.8) is 0 Å². The van der Waals surface area contributed by atoms with Crippen LogP contribution in [0.4, 0.5) is 11.4 Å². The number of carbonyl (C=O) groups excluding carboxylic acids is 3. The first-order chi connectivity index (χ1) is 16.7. The summed E-state index contributed by atoms with van der Waals surface area (Å²) in [5.74, 6) is -1.64. The molecule has 3 aromatic carbocycles. The first-order valence-electron chi connectivity index (χ1n) is 10.7. The Morgan fingerprint density at radius 2 is 1.60 bits per heavy atom. The fourth-order valence-corrected chi connectivity index (χ4v) is 3.81. The molecule has 0 bridgehead atoms. The molecule has 0 aliphatic heterocycles. The lowest BCUT2D eigenvalue weighted by molar-refractivity contribution is -0.133. The fourth-order valence-electron chi connectivity index (χ4n) is 3.63. The molecule has 0 spiro atoms. The first kappa shape index (κ1) is 23.8. The van der Waals surface area contributed by atoms with Crippen molar-refractivity contribution in [2.45, 2.75) is 13.8 Å². The maximum absolute atomic E-state index is 13.1. The van der Waals surface area contributed by atoms with Crippen molar-refractivity contribution in [1.82, 2.24) is 4.68 Å². The number of nitrogens with zero attached hydrogens (tertiary/aromatic N) is 1. The van der Waals surface area contributed by atoms with Crippen LogP contribution < -0.4 is 20.8 Å². The van der Waals surface area contributed by atoms with Gasteiger partial charge in [0.05, 0.1) is 12.6 Å². The van der Waals surface area contributed by atoms with Crippen LogP contribution in [0.15, 0.2) is 66.7 Å². The van der Waals surface area contributed by atoms with Crippen molar-refractivity contribution < 1.29 is 19.1 Å². The zero-order valence-electron chi connectivity index (χ0n) is 19.3. The number of carbonyl (C=O) groups is 3. The molecule has 8 nitrogen and oxygen atoms in total. The van der Waals surface area contributed by atoms with Crippen LogP contribution in [0.5, 0.6) is 5.75 Å². The number of methoxy groups -OCH3 is 1. The fraction of sp³-hybridized carbons (Fsp3) is 0.115. The van der Waals surface area contributed by atoms with Gasteiger partial charge in [-0.15, -0.1) is 0 Å². The molecule has 0 unspecified atom stereocenters. The summed E-state index contributed by atoms with van der Waals surface area (Å²) < 4.78 is 6.41. The molecule has 0 aliphatic carbocycles. The lowest BCUT2D eigenvalue weighted by atomic mass is 10.1. The molecular formula is C26H23ClN4O4. The second kappa shape index (κ2) is 9.90. The van der Waals surface area contributed by atoms with E-state index in [1.54, 1.807) is 61.7 Å². The number of hydrogen-bond acceptors (Lipinski definition) is 4. The highest BCUT2D eigenvalue weighted by Gasteiger charge is 2.21. The van der Waals surface area contributed by atoms with Crippen molar-refractivity contribution in [3.8, 4) is 5.75 Å². The number of fused-ring (bicyclic) bond motifs is 1. The third-order valence-corrected chi connectivity index (χ3v) is 5.63. The quantitative estimate of drug-likeness (QED) is 0.347. The molecule has 4 rings (SSSR count). The molecule has 0 saturated heterocycles. The lowest BCUT2D eigenvalue weighted by Gasteiger charge is -2.13. The molecule has 0 radical (unpaired) electrons. The highest BCUT2D eigenvalue weighted by molar-refractivity contribution is 6.42. The van der Waals surface area contributed by atoms with Crippen molar-refractivity contribution in [2.24, 2.45) is 0 Å². The highest BCUT2D eigenvalue weighted by atomic mass is 35.5. The number of rotatable bonds is 5. The van der Waals surface area contributed by atoms with Gasteiger partial charge in [0.15, 0.2) is 0 Å². The van der Waals surface area contributed by atoms with Gasteiger partial charge in [-0.2, -0.15) is 0 Å². The third-order valence-electron chi connectivity index (χ3n) is 5.39. The van der Waals surface area contributed by atoms with Crippen LogP contribution in [0.3, 0.4) is 0 Å². The zero-order chi connectivity index (χ0) is 25.1. The topological polar surface area (TPSA) is 101 Å². The van der Waals surface area contributed by atoms with E-state index in [1.807, 2.05) is 26.0 Å². The number of aryl methyl sites for hydroxylation is 2. The Balaban J connectivity index is 1.61. The number of anilines is 2. The lowest BCUT2D eigenvalue weighted by Crippen LogP contribution is -2.36. The molecular weight excluding hydrogens is 468 g/mol. The summed E-state index contributed by atoms with van der Waals surface area (Å²) in [7, 11) is 1.55. The molecule has 3 amide bonds. The van der Waals surface area contributed by atoms with Crippen LogP contribution >= 0.6 is 11.6 Å². The molecule has 0 atom stereocenters. The van der Waals surface area contributed by atoms with Crippen LogP contribution in [-0.4, -0.2) is 29.5 Å². The smallest absolute Gasteiger partial charge is 0.328 e. The summed E-state index contributed by atoms with van der Waals surface area (Å²) in [5.41, 5.74) is 6.07. The van der Waals surface area contributed by atoms with Gasteiger partial charge in [-0.25, -0.2) is 4.68 Å². The van der Waals surface area contributed by atoms with Gasteiger partial charge >= 0.3 is 11.8 Å². The molecule has 35 heavy (non-hydrogen) atoms. The van der Waals surface area contributed by atoms with Gasteiger partial charge in [-0.05, 0) is 74.0 Å². The summed E-state index contributed by atoms with van der Waals surface area (Å²) >= 11 is 6.12. The van der Waals surface area contributed by atoms with Crippen LogP contribution in [-0.2, 0) is 9.59 Å². The van der Waals surface area contributed by atoms with E-state index < -0.39 is 17.7 Å². The van der Waals surface area contributed by atoms with Crippen molar-refractivity contribution >= 4 is 51.6 Å². The molecule has 0 aliphatic rings. The van der Waals surface area contributed by atoms with E-state index in [1.165, 1.54) is 4.68 Å². The predicted molar refractivity (Wildman–Crippen MR) is 137 cm³/mol. The number of halogens is 1. The molecule has 9 heteroatoms. The van der Waals surface area contributed by atoms with Gasteiger partial charge in [0.2, 0.25) is 0 Å². The predicted octanol–water partition coefficient (Wildman–Crippen LogP) is 4.88. The Kier molecular flexibility index (Phi) is 6.75. The van der Waals surface area contributed by atoms with E-state index in [9.17, 15) is 14.4 Å². The summed E-state index contributed by atoms with van der Waals surface area (Å²) in [5, 5.41) is 6.47. The minimum absolute atomic E-state index is 0.116.